The van der Waals surface area contributed by atoms with Gasteiger partial charge in [-0.1, -0.05) is 19.1 Å². The number of benzene rings is 1. The number of imidazole rings is 1. The van der Waals surface area contributed by atoms with Gasteiger partial charge < -0.3 is 9.88 Å². The zero-order valence-corrected chi connectivity index (χ0v) is 10.9. The topological polar surface area (TPSA) is 29.9 Å². The fourth-order valence-electron chi connectivity index (χ4n) is 2.32. The second-order valence-corrected chi connectivity index (χ2v) is 5.27. The Balaban J connectivity index is 1.70. The van der Waals surface area contributed by atoms with Crippen LogP contribution in [0.25, 0.3) is 5.69 Å². The highest BCUT2D eigenvalue weighted by atomic mass is 15.0. The number of hydrogen-bond acceptors (Lipinski definition) is 2. The molecule has 1 aliphatic rings. The lowest BCUT2D eigenvalue weighted by molar-refractivity contribution is 0.552. The summed E-state index contributed by atoms with van der Waals surface area (Å²) in [7, 11) is 0. The molecule has 3 heteroatoms. The van der Waals surface area contributed by atoms with E-state index in [1.807, 2.05) is 17.1 Å². The predicted octanol–water partition coefficient (Wildman–Crippen LogP) is 2.93. The molecule has 1 fully saturated rings. The van der Waals surface area contributed by atoms with Crippen molar-refractivity contribution in [2.45, 2.75) is 32.4 Å². The summed E-state index contributed by atoms with van der Waals surface area (Å²) in [5.41, 5.74) is 2.50. The zero-order valence-electron chi connectivity index (χ0n) is 10.9. The molecule has 1 aromatic carbocycles. The standard InChI is InChI=1S/C15H19N3/c1-11-9-15(11)17-12(2)13-3-5-14(6-4-13)18-8-7-16-10-18/h3-8,10-12,15,17H,9H2,1-2H3. The van der Waals surface area contributed by atoms with Gasteiger partial charge in [-0.2, -0.15) is 0 Å². The molecule has 0 bridgehead atoms. The average molecular weight is 241 g/mol. The largest absolute Gasteiger partial charge is 0.307 e. The molecule has 1 aliphatic carbocycles. The maximum Gasteiger partial charge on any atom is 0.0991 e. The molecule has 1 N–H and O–H groups in total. The third-order valence-corrected chi connectivity index (χ3v) is 3.77. The number of aromatic nitrogens is 2. The summed E-state index contributed by atoms with van der Waals surface area (Å²) in [5, 5.41) is 3.65. The van der Waals surface area contributed by atoms with Gasteiger partial charge in [-0.3, -0.25) is 0 Å². The quantitative estimate of drug-likeness (QED) is 0.892. The van der Waals surface area contributed by atoms with Gasteiger partial charge in [-0.05, 0) is 37.0 Å². The van der Waals surface area contributed by atoms with Gasteiger partial charge in [0.2, 0.25) is 0 Å². The zero-order chi connectivity index (χ0) is 12.5. The van der Waals surface area contributed by atoms with Gasteiger partial charge in [0.1, 0.15) is 0 Å². The number of rotatable bonds is 4. The Morgan fingerprint density at radius 1 is 1.33 bits per heavy atom. The first-order valence-electron chi connectivity index (χ1n) is 6.58. The Hall–Kier alpha value is -1.61. The normalized spacial score (nSPS) is 23.9. The molecule has 94 valence electrons. The van der Waals surface area contributed by atoms with Crippen molar-refractivity contribution in [2.24, 2.45) is 5.92 Å². The molecule has 0 saturated heterocycles. The third-order valence-electron chi connectivity index (χ3n) is 3.77. The molecule has 3 nitrogen and oxygen atoms in total. The van der Waals surface area contributed by atoms with E-state index in [9.17, 15) is 0 Å². The summed E-state index contributed by atoms with van der Waals surface area (Å²) in [5.74, 6) is 0.845. The Labute approximate surface area is 108 Å². The molecule has 0 spiro atoms. The van der Waals surface area contributed by atoms with Crippen LogP contribution in [-0.2, 0) is 0 Å². The summed E-state index contributed by atoms with van der Waals surface area (Å²) in [4.78, 5) is 4.06. The first kappa shape index (κ1) is 11.5. The van der Waals surface area contributed by atoms with Crippen molar-refractivity contribution in [3.63, 3.8) is 0 Å². The summed E-state index contributed by atoms with van der Waals surface area (Å²) in [6, 6.07) is 9.82. The van der Waals surface area contributed by atoms with Gasteiger partial charge in [0, 0.05) is 30.2 Å². The third kappa shape index (κ3) is 2.31. The minimum Gasteiger partial charge on any atom is -0.307 e. The van der Waals surface area contributed by atoms with Crippen LogP contribution in [0.5, 0.6) is 0 Å². The molecule has 0 aliphatic heterocycles. The Kier molecular flexibility index (Phi) is 2.92. The second-order valence-electron chi connectivity index (χ2n) is 5.27. The number of hydrogen-bond donors (Lipinski definition) is 1. The molecule has 0 amide bonds. The van der Waals surface area contributed by atoms with Gasteiger partial charge in [0.05, 0.1) is 6.33 Å². The first-order chi connectivity index (χ1) is 8.74. The summed E-state index contributed by atoms with van der Waals surface area (Å²) < 4.78 is 2.02. The van der Waals surface area contributed by atoms with Crippen LogP contribution in [0.4, 0.5) is 0 Å². The Morgan fingerprint density at radius 3 is 2.61 bits per heavy atom. The van der Waals surface area contributed by atoms with Gasteiger partial charge in [-0.15, -0.1) is 0 Å². The van der Waals surface area contributed by atoms with E-state index in [0.717, 1.165) is 11.6 Å². The van der Waals surface area contributed by atoms with Crippen molar-refractivity contribution < 1.29 is 0 Å². The summed E-state index contributed by atoms with van der Waals surface area (Å²) >= 11 is 0. The van der Waals surface area contributed by atoms with Crippen LogP contribution in [0.2, 0.25) is 0 Å². The van der Waals surface area contributed by atoms with Crippen LogP contribution in [0.3, 0.4) is 0 Å². The van der Waals surface area contributed by atoms with Gasteiger partial charge in [0.15, 0.2) is 0 Å². The van der Waals surface area contributed by atoms with Crippen molar-refractivity contribution in [1.29, 1.82) is 0 Å². The molecule has 1 saturated carbocycles. The maximum atomic E-state index is 4.06. The fourth-order valence-corrected chi connectivity index (χ4v) is 2.32. The predicted molar refractivity (Wildman–Crippen MR) is 72.7 cm³/mol. The monoisotopic (exact) mass is 241 g/mol. The van der Waals surface area contributed by atoms with Crippen LogP contribution >= 0.6 is 0 Å². The maximum absolute atomic E-state index is 4.06. The molecule has 0 radical (unpaired) electrons. The van der Waals surface area contributed by atoms with Crippen molar-refractivity contribution in [3.05, 3.63) is 48.5 Å². The van der Waals surface area contributed by atoms with E-state index in [4.69, 9.17) is 0 Å². The van der Waals surface area contributed by atoms with E-state index >= 15 is 0 Å². The first-order valence-corrected chi connectivity index (χ1v) is 6.58. The minimum atomic E-state index is 0.428. The van der Waals surface area contributed by atoms with Crippen LogP contribution < -0.4 is 5.32 Å². The molecular weight excluding hydrogens is 222 g/mol. The highest BCUT2D eigenvalue weighted by Crippen LogP contribution is 2.31. The SMILES string of the molecule is CC(NC1CC1C)c1ccc(-n2ccnc2)cc1. The van der Waals surface area contributed by atoms with Crippen molar-refractivity contribution in [1.82, 2.24) is 14.9 Å². The Morgan fingerprint density at radius 2 is 2.06 bits per heavy atom. The van der Waals surface area contributed by atoms with Gasteiger partial charge in [-0.25, -0.2) is 4.98 Å². The molecule has 18 heavy (non-hydrogen) atoms. The van der Waals surface area contributed by atoms with E-state index < -0.39 is 0 Å². The minimum absolute atomic E-state index is 0.428. The van der Waals surface area contributed by atoms with E-state index in [-0.39, 0.29) is 0 Å². The van der Waals surface area contributed by atoms with Crippen LogP contribution in [0, 0.1) is 5.92 Å². The number of nitrogens with zero attached hydrogens (tertiary/aromatic N) is 2. The molecule has 3 atom stereocenters. The fraction of sp³-hybridized carbons (Fsp3) is 0.400. The van der Waals surface area contributed by atoms with Crippen LogP contribution in [0.15, 0.2) is 43.0 Å². The van der Waals surface area contributed by atoms with Crippen LogP contribution in [0.1, 0.15) is 31.9 Å². The molecule has 1 aromatic heterocycles. The Bertz CT molecular complexity index is 501. The lowest BCUT2D eigenvalue weighted by atomic mass is 10.1. The average Bonchev–Trinajstić information content (AvgIpc) is 2.88. The van der Waals surface area contributed by atoms with Crippen LogP contribution in [-0.4, -0.2) is 15.6 Å². The summed E-state index contributed by atoms with van der Waals surface area (Å²) in [6.07, 6.45) is 6.90. The molecule has 1 heterocycles. The number of nitrogens with one attached hydrogen (secondary N) is 1. The lowest BCUT2D eigenvalue weighted by Gasteiger charge is -2.14. The highest BCUT2D eigenvalue weighted by molar-refractivity contribution is 5.35. The van der Waals surface area contributed by atoms with Gasteiger partial charge in [0.25, 0.3) is 0 Å². The second kappa shape index (κ2) is 4.58. The van der Waals surface area contributed by atoms with Gasteiger partial charge >= 0.3 is 0 Å². The molecule has 2 aromatic rings. The summed E-state index contributed by atoms with van der Waals surface area (Å²) in [6.45, 7) is 4.53. The molecule has 3 rings (SSSR count). The van der Waals surface area contributed by atoms with Crippen molar-refractivity contribution in [2.75, 3.05) is 0 Å². The smallest absolute Gasteiger partial charge is 0.0991 e. The lowest BCUT2D eigenvalue weighted by Crippen LogP contribution is -2.21. The van der Waals surface area contributed by atoms with E-state index in [0.29, 0.717) is 12.1 Å². The van der Waals surface area contributed by atoms with Crippen molar-refractivity contribution >= 4 is 0 Å². The highest BCUT2D eigenvalue weighted by Gasteiger charge is 2.33. The van der Waals surface area contributed by atoms with Crippen molar-refractivity contribution in [3.8, 4) is 5.69 Å². The molecular formula is C15H19N3. The molecule has 3 unspecified atom stereocenters. The van der Waals surface area contributed by atoms with E-state index in [1.165, 1.54) is 12.0 Å². The van der Waals surface area contributed by atoms with E-state index in [2.05, 4.69) is 48.4 Å². The van der Waals surface area contributed by atoms with E-state index in [1.54, 1.807) is 6.20 Å².